The Morgan fingerprint density at radius 3 is 2.92 bits per heavy atom. The van der Waals surface area contributed by atoms with Gasteiger partial charge in [-0.3, -0.25) is 14.4 Å². The number of rotatable bonds is 3. The number of likely N-dealkylation sites (tertiary alicyclic amines) is 1. The van der Waals surface area contributed by atoms with E-state index in [0.717, 1.165) is 18.4 Å². The maximum absolute atomic E-state index is 13.0. The van der Waals surface area contributed by atoms with Crippen LogP contribution in [0.25, 0.3) is 0 Å². The number of anilines is 1. The summed E-state index contributed by atoms with van der Waals surface area (Å²) in [6.45, 7) is 3.12. The summed E-state index contributed by atoms with van der Waals surface area (Å²) in [5, 5.41) is 2.81. The van der Waals surface area contributed by atoms with Crippen molar-refractivity contribution in [1.29, 1.82) is 0 Å². The summed E-state index contributed by atoms with van der Waals surface area (Å²) in [5.74, 6) is -1.21. The lowest BCUT2D eigenvalue weighted by Crippen LogP contribution is -2.46. The highest BCUT2D eigenvalue weighted by molar-refractivity contribution is 6.01. The molecule has 1 aromatic rings. The first-order valence-corrected chi connectivity index (χ1v) is 8.44. The maximum Gasteiger partial charge on any atom is 0.310 e. The van der Waals surface area contributed by atoms with Gasteiger partial charge in [-0.2, -0.15) is 0 Å². The third kappa shape index (κ3) is 3.27. The third-order valence-corrected chi connectivity index (χ3v) is 4.65. The standard InChI is InChI=1S/C18H22N2O4/c1-2-24-18(23)12-6-5-9-20(11-12)17(22)14-10-16(21)19-15-8-4-3-7-13(14)15/h3-4,7-8,12,14H,2,5-6,9-11H2,1H3,(H,19,21). The summed E-state index contributed by atoms with van der Waals surface area (Å²) in [4.78, 5) is 38.6. The van der Waals surface area contributed by atoms with Gasteiger partial charge in [0.2, 0.25) is 11.8 Å². The molecule has 0 saturated carbocycles. The van der Waals surface area contributed by atoms with Gasteiger partial charge in [-0.15, -0.1) is 0 Å². The highest BCUT2D eigenvalue weighted by Crippen LogP contribution is 2.34. The Morgan fingerprint density at radius 2 is 2.12 bits per heavy atom. The Kier molecular flexibility index (Phi) is 4.83. The first-order valence-electron chi connectivity index (χ1n) is 8.44. The number of piperidine rings is 1. The minimum atomic E-state index is -0.476. The first-order chi connectivity index (χ1) is 11.6. The number of fused-ring (bicyclic) bond motifs is 1. The molecular weight excluding hydrogens is 308 g/mol. The minimum absolute atomic E-state index is 0.0775. The van der Waals surface area contributed by atoms with Gasteiger partial charge in [0.05, 0.1) is 18.4 Å². The fraction of sp³-hybridized carbons (Fsp3) is 0.500. The summed E-state index contributed by atoms with van der Waals surface area (Å²) in [7, 11) is 0. The Labute approximate surface area is 141 Å². The Hall–Kier alpha value is -2.37. The number of para-hydroxylation sites is 1. The number of hydrogen-bond acceptors (Lipinski definition) is 4. The van der Waals surface area contributed by atoms with E-state index in [9.17, 15) is 14.4 Å². The fourth-order valence-corrected chi connectivity index (χ4v) is 3.48. The molecule has 1 aromatic carbocycles. The van der Waals surface area contributed by atoms with Gasteiger partial charge in [0.1, 0.15) is 0 Å². The monoisotopic (exact) mass is 330 g/mol. The smallest absolute Gasteiger partial charge is 0.310 e. The number of nitrogens with one attached hydrogen (secondary N) is 1. The summed E-state index contributed by atoms with van der Waals surface area (Å²) >= 11 is 0. The molecule has 1 fully saturated rings. The molecule has 0 aromatic heterocycles. The molecule has 2 atom stereocenters. The van der Waals surface area contributed by atoms with Gasteiger partial charge in [-0.05, 0) is 31.4 Å². The summed E-state index contributed by atoms with van der Waals surface area (Å²) in [5.41, 5.74) is 1.55. The van der Waals surface area contributed by atoms with Crippen LogP contribution in [0.4, 0.5) is 5.69 Å². The van der Waals surface area contributed by atoms with Crippen LogP contribution in [0.2, 0.25) is 0 Å². The SMILES string of the molecule is CCOC(=O)C1CCCN(C(=O)C2CC(=O)Nc3ccccc32)C1. The van der Waals surface area contributed by atoms with Gasteiger partial charge < -0.3 is 15.0 Å². The van der Waals surface area contributed by atoms with E-state index in [-0.39, 0.29) is 30.1 Å². The summed E-state index contributed by atoms with van der Waals surface area (Å²) in [6.07, 6.45) is 1.66. The zero-order valence-corrected chi connectivity index (χ0v) is 13.8. The number of ether oxygens (including phenoxy) is 1. The van der Waals surface area contributed by atoms with Crippen LogP contribution in [-0.2, 0) is 19.1 Å². The van der Waals surface area contributed by atoms with Crippen molar-refractivity contribution in [3.05, 3.63) is 29.8 Å². The van der Waals surface area contributed by atoms with Crippen molar-refractivity contribution in [2.45, 2.75) is 32.1 Å². The van der Waals surface area contributed by atoms with Gasteiger partial charge in [0, 0.05) is 25.2 Å². The van der Waals surface area contributed by atoms with Crippen molar-refractivity contribution in [2.75, 3.05) is 25.0 Å². The molecule has 6 heteroatoms. The van der Waals surface area contributed by atoms with Crippen molar-refractivity contribution in [3.63, 3.8) is 0 Å². The first kappa shape index (κ1) is 16.5. The van der Waals surface area contributed by atoms with E-state index in [1.165, 1.54) is 0 Å². The number of nitrogens with zero attached hydrogens (tertiary/aromatic N) is 1. The number of hydrogen-bond donors (Lipinski definition) is 1. The van der Waals surface area contributed by atoms with E-state index in [1.54, 1.807) is 11.8 Å². The van der Waals surface area contributed by atoms with Crippen molar-refractivity contribution in [1.82, 2.24) is 4.90 Å². The van der Waals surface area contributed by atoms with Gasteiger partial charge in [-0.25, -0.2) is 0 Å². The van der Waals surface area contributed by atoms with E-state index in [0.29, 0.717) is 25.4 Å². The molecular formula is C18H22N2O4. The second-order valence-electron chi connectivity index (χ2n) is 6.27. The average Bonchev–Trinajstić information content (AvgIpc) is 2.60. The lowest BCUT2D eigenvalue weighted by molar-refractivity contribution is -0.151. The highest BCUT2D eigenvalue weighted by atomic mass is 16.5. The molecule has 2 heterocycles. The molecule has 0 spiro atoms. The van der Waals surface area contributed by atoms with E-state index >= 15 is 0 Å². The minimum Gasteiger partial charge on any atom is -0.466 e. The summed E-state index contributed by atoms with van der Waals surface area (Å²) < 4.78 is 5.09. The molecule has 3 rings (SSSR count). The molecule has 1 N–H and O–H groups in total. The second kappa shape index (κ2) is 7.03. The number of carbonyl (C=O) groups excluding carboxylic acids is 3. The van der Waals surface area contributed by atoms with Crippen LogP contribution in [-0.4, -0.2) is 42.4 Å². The largest absolute Gasteiger partial charge is 0.466 e. The second-order valence-corrected chi connectivity index (χ2v) is 6.27. The van der Waals surface area contributed by atoms with Crippen LogP contribution < -0.4 is 5.32 Å². The molecule has 1 saturated heterocycles. The predicted octanol–water partition coefficient (Wildman–Crippen LogP) is 1.91. The van der Waals surface area contributed by atoms with Gasteiger partial charge in [-0.1, -0.05) is 18.2 Å². The zero-order chi connectivity index (χ0) is 17.1. The predicted molar refractivity (Wildman–Crippen MR) is 88.4 cm³/mol. The summed E-state index contributed by atoms with van der Waals surface area (Å²) in [6, 6.07) is 7.40. The fourth-order valence-electron chi connectivity index (χ4n) is 3.48. The van der Waals surface area contributed by atoms with E-state index in [2.05, 4.69) is 5.32 Å². The van der Waals surface area contributed by atoms with Crippen molar-refractivity contribution >= 4 is 23.5 Å². The number of benzene rings is 1. The molecule has 0 aliphatic carbocycles. The van der Waals surface area contributed by atoms with Crippen LogP contribution in [0, 0.1) is 5.92 Å². The number of carbonyl (C=O) groups is 3. The molecule has 24 heavy (non-hydrogen) atoms. The van der Waals surface area contributed by atoms with E-state index < -0.39 is 5.92 Å². The number of amides is 2. The molecule has 2 amide bonds. The third-order valence-electron chi connectivity index (χ3n) is 4.65. The maximum atomic E-state index is 13.0. The van der Waals surface area contributed by atoms with Crippen LogP contribution in [0.5, 0.6) is 0 Å². The molecule has 2 aliphatic rings. The quantitative estimate of drug-likeness (QED) is 0.859. The van der Waals surface area contributed by atoms with Crippen molar-refractivity contribution in [3.8, 4) is 0 Å². The van der Waals surface area contributed by atoms with Gasteiger partial charge >= 0.3 is 5.97 Å². The molecule has 6 nitrogen and oxygen atoms in total. The lowest BCUT2D eigenvalue weighted by Gasteiger charge is -2.35. The van der Waals surface area contributed by atoms with Crippen molar-refractivity contribution in [2.24, 2.45) is 5.92 Å². The molecule has 128 valence electrons. The Morgan fingerprint density at radius 1 is 1.33 bits per heavy atom. The highest BCUT2D eigenvalue weighted by Gasteiger charge is 2.36. The van der Waals surface area contributed by atoms with Crippen LogP contribution in [0.1, 0.15) is 37.7 Å². The molecule has 0 radical (unpaired) electrons. The molecule has 0 bridgehead atoms. The van der Waals surface area contributed by atoms with Gasteiger partial charge in [0.25, 0.3) is 0 Å². The lowest BCUT2D eigenvalue weighted by atomic mass is 9.88. The van der Waals surface area contributed by atoms with Crippen LogP contribution in [0.15, 0.2) is 24.3 Å². The normalized spacial score (nSPS) is 23.2. The Bertz CT molecular complexity index is 658. The molecule has 2 unspecified atom stereocenters. The zero-order valence-electron chi connectivity index (χ0n) is 13.8. The number of esters is 1. The van der Waals surface area contributed by atoms with E-state index in [1.807, 2.05) is 24.3 Å². The van der Waals surface area contributed by atoms with E-state index in [4.69, 9.17) is 4.74 Å². The van der Waals surface area contributed by atoms with Crippen LogP contribution >= 0.6 is 0 Å². The Balaban J connectivity index is 1.76. The topological polar surface area (TPSA) is 75.7 Å². The van der Waals surface area contributed by atoms with Gasteiger partial charge in [0.15, 0.2) is 0 Å². The van der Waals surface area contributed by atoms with Crippen LogP contribution in [0.3, 0.4) is 0 Å². The molecule has 2 aliphatic heterocycles. The van der Waals surface area contributed by atoms with Crippen molar-refractivity contribution < 1.29 is 19.1 Å². The average molecular weight is 330 g/mol.